The Morgan fingerprint density at radius 1 is 1.26 bits per heavy atom. The second-order valence-corrected chi connectivity index (χ2v) is 4.12. The van der Waals surface area contributed by atoms with Gasteiger partial charge in [0.2, 0.25) is 5.91 Å². The van der Waals surface area contributed by atoms with Gasteiger partial charge in [-0.2, -0.15) is 5.56 Å². The number of amides is 1. The molecule has 0 aliphatic carbocycles. The van der Waals surface area contributed by atoms with E-state index in [4.69, 9.17) is 4.74 Å². The molecule has 1 aliphatic rings. The summed E-state index contributed by atoms with van der Waals surface area (Å²) in [6, 6.07) is 7.82. The molecular formula is C15H18NO2Y-. The van der Waals surface area contributed by atoms with Crippen molar-refractivity contribution < 1.29 is 42.2 Å². The van der Waals surface area contributed by atoms with Crippen LogP contribution in [0.15, 0.2) is 24.3 Å². The van der Waals surface area contributed by atoms with E-state index in [1.807, 2.05) is 38.1 Å². The Kier molecular flexibility index (Phi) is 6.74. The fourth-order valence-corrected chi connectivity index (χ4v) is 2.11. The first-order valence-electron chi connectivity index (χ1n) is 6.40. The van der Waals surface area contributed by atoms with Crippen LogP contribution in [0.5, 0.6) is 5.75 Å². The largest absolute Gasteiger partial charge is 0.494 e. The van der Waals surface area contributed by atoms with E-state index in [1.165, 1.54) is 0 Å². The van der Waals surface area contributed by atoms with Crippen LogP contribution in [0.3, 0.4) is 0 Å². The summed E-state index contributed by atoms with van der Waals surface area (Å²) in [5, 5.41) is 0. The molecule has 1 radical (unpaired) electrons. The van der Waals surface area contributed by atoms with Crippen LogP contribution in [0.2, 0.25) is 0 Å². The quantitative estimate of drug-likeness (QED) is 0.793. The van der Waals surface area contributed by atoms with Crippen molar-refractivity contribution in [1.82, 2.24) is 4.90 Å². The molecule has 2 rings (SSSR count). The predicted octanol–water partition coefficient (Wildman–Crippen LogP) is 2.87. The SMILES string of the molecule is CCOc1ccc(C2=[C-]CCC(=O)N2CC)cc1.[Y]. The van der Waals surface area contributed by atoms with Crippen molar-refractivity contribution in [2.75, 3.05) is 13.2 Å². The minimum atomic E-state index is 0. The third-order valence-electron chi connectivity index (χ3n) is 2.96. The van der Waals surface area contributed by atoms with Crippen LogP contribution < -0.4 is 4.74 Å². The van der Waals surface area contributed by atoms with Gasteiger partial charge in [-0.15, -0.1) is 24.3 Å². The van der Waals surface area contributed by atoms with Crippen molar-refractivity contribution in [2.45, 2.75) is 26.7 Å². The molecule has 0 N–H and O–H groups in total. The Balaban J connectivity index is 0.00000180. The first kappa shape index (κ1) is 16.4. The van der Waals surface area contributed by atoms with Gasteiger partial charge in [-0.3, -0.25) is 4.79 Å². The molecule has 1 aliphatic heterocycles. The molecule has 1 heterocycles. The normalized spacial score (nSPS) is 14.7. The number of rotatable bonds is 4. The Morgan fingerprint density at radius 2 is 1.95 bits per heavy atom. The number of nitrogens with zero attached hydrogens (tertiary/aromatic N) is 1. The zero-order valence-corrected chi connectivity index (χ0v) is 14.3. The molecular weight excluding hydrogens is 315 g/mol. The molecule has 0 aromatic heterocycles. The molecule has 0 fully saturated rings. The zero-order chi connectivity index (χ0) is 13.0. The summed E-state index contributed by atoms with van der Waals surface area (Å²) in [5.74, 6) is 1.03. The van der Waals surface area contributed by atoms with Crippen LogP contribution in [0.1, 0.15) is 32.3 Å². The molecule has 1 aromatic rings. The van der Waals surface area contributed by atoms with Gasteiger partial charge in [0.1, 0.15) is 5.75 Å². The van der Waals surface area contributed by atoms with Crippen molar-refractivity contribution in [3.05, 3.63) is 35.9 Å². The average molecular weight is 333 g/mol. The van der Waals surface area contributed by atoms with Gasteiger partial charge in [0.05, 0.1) is 6.61 Å². The molecule has 0 atom stereocenters. The minimum Gasteiger partial charge on any atom is -0.494 e. The summed E-state index contributed by atoms with van der Waals surface area (Å²) in [5.41, 5.74) is 1.92. The fourth-order valence-electron chi connectivity index (χ4n) is 2.11. The number of ether oxygens (including phenoxy) is 1. The second kappa shape index (κ2) is 7.81. The van der Waals surface area contributed by atoms with Crippen LogP contribution in [-0.2, 0) is 37.5 Å². The molecule has 0 saturated carbocycles. The molecule has 1 amide bonds. The first-order valence-corrected chi connectivity index (χ1v) is 6.40. The summed E-state index contributed by atoms with van der Waals surface area (Å²) < 4.78 is 5.41. The van der Waals surface area contributed by atoms with Gasteiger partial charge >= 0.3 is 0 Å². The van der Waals surface area contributed by atoms with Crippen molar-refractivity contribution in [3.63, 3.8) is 0 Å². The second-order valence-electron chi connectivity index (χ2n) is 4.12. The number of allylic oxidation sites excluding steroid dienone is 1. The average Bonchev–Trinajstić information content (AvgIpc) is 2.40. The van der Waals surface area contributed by atoms with E-state index < -0.39 is 0 Å². The van der Waals surface area contributed by atoms with Gasteiger partial charge in [-0.1, -0.05) is 0 Å². The molecule has 0 bridgehead atoms. The van der Waals surface area contributed by atoms with Crippen molar-refractivity contribution in [1.29, 1.82) is 0 Å². The fraction of sp³-hybridized carbons (Fsp3) is 0.400. The van der Waals surface area contributed by atoms with E-state index in [9.17, 15) is 4.79 Å². The summed E-state index contributed by atoms with van der Waals surface area (Å²) in [7, 11) is 0. The van der Waals surface area contributed by atoms with E-state index >= 15 is 0 Å². The van der Waals surface area contributed by atoms with Gasteiger partial charge in [-0.05, 0) is 26.0 Å². The third kappa shape index (κ3) is 3.90. The Morgan fingerprint density at radius 3 is 2.53 bits per heavy atom. The van der Waals surface area contributed by atoms with E-state index in [2.05, 4.69) is 6.08 Å². The number of carbonyl (C=O) groups is 1. The maximum Gasteiger partial charge on any atom is 0.223 e. The Hall–Kier alpha value is -0.666. The van der Waals surface area contributed by atoms with Crippen LogP contribution in [0.25, 0.3) is 5.70 Å². The number of hydrogen-bond acceptors (Lipinski definition) is 2. The predicted molar refractivity (Wildman–Crippen MR) is 70.9 cm³/mol. The Bertz CT molecular complexity index is 454. The van der Waals surface area contributed by atoms with E-state index in [-0.39, 0.29) is 38.6 Å². The van der Waals surface area contributed by atoms with Crippen LogP contribution in [0, 0.1) is 6.08 Å². The summed E-state index contributed by atoms with van der Waals surface area (Å²) in [6.45, 7) is 5.30. The summed E-state index contributed by atoms with van der Waals surface area (Å²) in [6.07, 6.45) is 4.57. The summed E-state index contributed by atoms with van der Waals surface area (Å²) in [4.78, 5) is 13.6. The molecule has 0 unspecified atom stereocenters. The van der Waals surface area contributed by atoms with Crippen LogP contribution in [-0.4, -0.2) is 24.0 Å². The number of benzene rings is 1. The first-order chi connectivity index (χ1) is 8.76. The van der Waals surface area contributed by atoms with E-state index in [1.54, 1.807) is 4.90 Å². The van der Waals surface area contributed by atoms with Gasteiger partial charge in [0.15, 0.2) is 0 Å². The van der Waals surface area contributed by atoms with E-state index in [0.717, 1.165) is 17.0 Å². The molecule has 0 spiro atoms. The maximum absolute atomic E-state index is 11.8. The monoisotopic (exact) mass is 333 g/mol. The smallest absolute Gasteiger partial charge is 0.223 e. The van der Waals surface area contributed by atoms with Gasteiger partial charge in [0, 0.05) is 45.7 Å². The molecule has 4 heteroatoms. The van der Waals surface area contributed by atoms with Crippen LogP contribution in [0.4, 0.5) is 0 Å². The minimum absolute atomic E-state index is 0. The zero-order valence-electron chi connectivity index (χ0n) is 11.5. The molecule has 0 saturated heterocycles. The topological polar surface area (TPSA) is 29.5 Å². The van der Waals surface area contributed by atoms with Gasteiger partial charge in [0.25, 0.3) is 0 Å². The maximum atomic E-state index is 11.8. The summed E-state index contributed by atoms with van der Waals surface area (Å²) >= 11 is 0. The Labute approximate surface area is 139 Å². The number of carbonyl (C=O) groups excluding carboxylic acids is 1. The number of hydrogen-bond donors (Lipinski definition) is 0. The molecule has 3 nitrogen and oxygen atoms in total. The molecule has 99 valence electrons. The standard InChI is InChI=1S/C15H18NO2.Y/c1-3-16-14(6-5-7-15(16)17)12-8-10-13(11-9-12)18-4-2;/h8-11H,3-5,7H2,1-2H3;/q-1;. The van der Waals surface area contributed by atoms with Crippen LogP contribution >= 0.6 is 0 Å². The van der Waals surface area contributed by atoms with Crippen molar-refractivity contribution in [3.8, 4) is 5.75 Å². The molecule has 1 aromatic carbocycles. The third-order valence-corrected chi connectivity index (χ3v) is 2.96. The van der Waals surface area contributed by atoms with Crippen molar-refractivity contribution >= 4 is 11.6 Å². The van der Waals surface area contributed by atoms with Crippen molar-refractivity contribution in [2.24, 2.45) is 0 Å². The van der Waals surface area contributed by atoms with E-state index in [0.29, 0.717) is 26.0 Å². The molecule has 19 heavy (non-hydrogen) atoms. The van der Waals surface area contributed by atoms with Gasteiger partial charge in [-0.25, -0.2) is 6.08 Å². The van der Waals surface area contributed by atoms with Gasteiger partial charge < -0.3 is 9.64 Å².